The van der Waals surface area contributed by atoms with Crippen LogP contribution >= 0.6 is 11.3 Å². The summed E-state index contributed by atoms with van der Waals surface area (Å²) in [5.41, 5.74) is 2.01. The van der Waals surface area contributed by atoms with Gasteiger partial charge in [0.15, 0.2) is 11.7 Å². The molecule has 4 rings (SSSR count). The van der Waals surface area contributed by atoms with Crippen molar-refractivity contribution in [2.45, 2.75) is 13.8 Å². The van der Waals surface area contributed by atoms with Crippen LogP contribution in [0.25, 0.3) is 10.2 Å². The molecule has 1 fully saturated rings. The molecule has 2 aromatic carbocycles. The number of carbonyl (C=O) groups is 1. The van der Waals surface area contributed by atoms with Crippen LogP contribution in [0.5, 0.6) is 11.5 Å². The van der Waals surface area contributed by atoms with Gasteiger partial charge in [0.25, 0.3) is 5.91 Å². The summed E-state index contributed by atoms with van der Waals surface area (Å²) in [5.74, 6) is 1.38. The Morgan fingerprint density at radius 3 is 2.62 bits per heavy atom. The topological polar surface area (TPSA) is 64.1 Å². The molecular formula is C24H29N3O4S. The first kappa shape index (κ1) is 22.5. The van der Waals surface area contributed by atoms with Crippen molar-refractivity contribution < 1.29 is 19.0 Å². The van der Waals surface area contributed by atoms with E-state index in [9.17, 15) is 4.79 Å². The van der Waals surface area contributed by atoms with Crippen molar-refractivity contribution in [3.63, 3.8) is 0 Å². The number of hydrogen-bond donors (Lipinski definition) is 0. The monoisotopic (exact) mass is 455 g/mol. The Balaban J connectivity index is 1.51. The Labute approximate surface area is 192 Å². The molecule has 0 aliphatic carbocycles. The van der Waals surface area contributed by atoms with Crippen molar-refractivity contribution in [2.75, 3.05) is 57.5 Å². The van der Waals surface area contributed by atoms with Crippen LogP contribution in [0.1, 0.15) is 12.5 Å². The number of nitrogens with zero attached hydrogens (tertiary/aromatic N) is 3. The summed E-state index contributed by atoms with van der Waals surface area (Å²) in [6.07, 6.45) is 0. The Hall–Kier alpha value is -2.68. The number of morpholine rings is 1. The first-order valence-electron chi connectivity index (χ1n) is 11.0. The van der Waals surface area contributed by atoms with Gasteiger partial charge in [-0.25, -0.2) is 4.98 Å². The van der Waals surface area contributed by atoms with Crippen LogP contribution in [0.15, 0.2) is 42.5 Å². The molecule has 1 amide bonds. The molecular weight excluding hydrogens is 426 g/mol. The highest BCUT2D eigenvalue weighted by molar-refractivity contribution is 7.22. The summed E-state index contributed by atoms with van der Waals surface area (Å²) in [4.78, 5) is 22.0. The van der Waals surface area contributed by atoms with Gasteiger partial charge in [-0.2, -0.15) is 0 Å². The highest BCUT2D eigenvalue weighted by atomic mass is 32.1. The quantitative estimate of drug-likeness (QED) is 0.490. The van der Waals surface area contributed by atoms with Crippen LogP contribution in [0.3, 0.4) is 0 Å². The van der Waals surface area contributed by atoms with Crippen molar-refractivity contribution in [1.82, 2.24) is 9.88 Å². The van der Waals surface area contributed by atoms with Gasteiger partial charge in [-0.05, 0) is 44.2 Å². The van der Waals surface area contributed by atoms with E-state index in [0.29, 0.717) is 24.0 Å². The second-order valence-corrected chi connectivity index (χ2v) is 8.67. The lowest BCUT2D eigenvalue weighted by Gasteiger charge is -2.29. The van der Waals surface area contributed by atoms with Crippen molar-refractivity contribution >= 4 is 32.6 Å². The molecule has 1 aromatic heterocycles. The second kappa shape index (κ2) is 10.8. The predicted molar refractivity (Wildman–Crippen MR) is 127 cm³/mol. The van der Waals surface area contributed by atoms with E-state index < -0.39 is 0 Å². The maximum absolute atomic E-state index is 13.2. The van der Waals surface area contributed by atoms with Crippen molar-refractivity contribution in [2.24, 2.45) is 0 Å². The molecule has 0 unspecified atom stereocenters. The molecule has 3 aromatic rings. The number of amides is 1. The van der Waals surface area contributed by atoms with Crippen LogP contribution < -0.4 is 14.4 Å². The van der Waals surface area contributed by atoms with Crippen molar-refractivity contribution in [3.05, 3.63) is 48.0 Å². The summed E-state index contributed by atoms with van der Waals surface area (Å²) in [6, 6.07) is 13.5. The number of rotatable bonds is 9. The van der Waals surface area contributed by atoms with Gasteiger partial charge >= 0.3 is 0 Å². The summed E-state index contributed by atoms with van der Waals surface area (Å²) in [7, 11) is 0. The fourth-order valence-corrected chi connectivity index (χ4v) is 4.55. The van der Waals surface area contributed by atoms with Crippen molar-refractivity contribution in [1.29, 1.82) is 0 Å². The van der Waals surface area contributed by atoms with Gasteiger partial charge in [0.1, 0.15) is 11.5 Å². The number of hydrogen-bond acceptors (Lipinski definition) is 7. The molecule has 1 aliphatic rings. The zero-order valence-corrected chi connectivity index (χ0v) is 19.4. The van der Waals surface area contributed by atoms with Crippen LogP contribution in [-0.2, 0) is 9.53 Å². The summed E-state index contributed by atoms with van der Waals surface area (Å²) >= 11 is 1.50. The van der Waals surface area contributed by atoms with Gasteiger partial charge in [-0.1, -0.05) is 29.0 Å². The fraction of sp³-hybridized carbons (Fsp3) is 0.417. The first-order chi connectivity index (χ1) is 15.6. The number of thiazole rings is 1. The second-order valence-electron chi connectivity index (χ2n) is 7.66. The number of fused-ring (bicyclic) bond motifs is 1. The van der Waals surface area contributed by atoms with E-state index in [-0.39, 0.29) is 12.5 Å². The predicted octanol–water partition coefficient (Wildman–Crippen LogP) is 3.75. The summed E-state index contributed by atoms with van der Waals surface area (Å²) in [6.45, 7) is 9.07. The molecule has 2 heterocycles. The molecule has 0 saturated carbocycles. The van der Waals surface area contributed by atoms with Crippen LogP contribution in [0.2, 0.25) is 0 Å². The smallest absolute Gasteiger partial charge is 0.266 e. The normalized spacial score (nSPS) is 14.4. The molecule has 0 radical (unpaired) electrons. The Morgan fingerprint density at radius 2 is 1.88 bits per heavy atom. The van der Waals surface area contributed by atoms with Crippen molar-refractivity contribution in [3.8, 4) is 11.5 Å². The molecule has 8 heteroatoms. The van der Waals surface area contributed by atoms with Gasteiger partial charge in [0.2, 0.25) is 0 Å². The molecule has 170 valence electrons. The van der Waals surface area contributed by atoms with Crippen LogP contribution in [0, 0.1) is 6.92 Å². The Kier molecular flexibility index (Phi) is 7.57. The van der Waals surface area contributed by atoms with Gasteiger partial charge < -0.3 is 14.2 Å². The van der Waals surface area contributed by atoms with E-state index in [1.54, 1.807) is 4.90 Å². The lowest BCUT2D eigenvalue weighted by molar-refractivity contribution is -0.120. The minimum atomic E-state index is -0.108. The molecule has 1 aliphatic heterocycles. The first-order valence-corrected chi connectivity index (χ1v) is 11.8. The van der Waals surface area contributed by atoms with Gasteiger partial charge in [0.05, 0.1) is 30.0 Å². The number of aryl methyl sites for hydroxylation is 1. The van der Waals surface area contributed by atoms with E-state index >= 15 is 0 Å². The largest absolute Gasteiger partial charge is 0.494 e. The van der Waals surface area contributed by atoms with Crippen LogP contribution in [0.4, 0.5) is 5.13 Å². The minimum absolute atomic E-state index is 0.0354. The molecule has 0 bridgehead atoms. The van der Waals surface area contributed by atoms with Gasteiger partial charge in [0, 0.05) is 26.2 Å². The third kappa shape index (κ3) is 5.76. The average Bonchev–Trinajstić information content (AvgIpc) is 3.23. The molecule has 32 heavy (non-hydrogen) atoms. The number of ether oxygens (including phenoxy) is 3. The van der Waals surface area contributed by atoms with E-state index in [0.717, 1.165) is 54.4 Å². The van der Waals surface area contributed by atoms with E-state index in [2.05, 4.69) is 4.90 Å². The molecule has 0 N–H and O–H groups in total. The third-order valence-electron chi connectivity index (χ3n) is 5.32. The Morgan fingerprint density at radius 1 is 1.12 bits per heavy atom. The molecule has 0 spiro atoms. The zero-order chi connectivity index (χ0) is 22.3. The average molecular weight is 456 g/mol. The van der Waals surface area contributed by atoms with Crippen LogP contribution in [-0.4, -0.2) is 68.4 Å². The SMILES string of the molecule is CCOc1ccc2nc(N(CCN3CCOCC3)C(=O)COc3ccc(C)cc3)sc2c1. The van der Waals surface area contributed by atoms with E-state index in [4.69, 9.17) is 19.2 Å². The highest BCUT2D eigenvalue weighted by Gasteiger charge is 2.22. The molecule has 0 atom stereocenters. The molecule has 7 nitrogen and oxygen atoms in total. The zero-order valence-electron chi connectivity index (χ0n) is 18.6. The summed E-state index contributed by atoms with van der Waals surface area (Å²) < 4.78 is 17.8. The highest BCUT2D eigenvalue weighted by Crippen LogP contribution is 2.31. The standard InChI is InChI=1S/C24H29N3O4S/c1-3-30-20-8-9-21-22(16-20)32-24(25-21)27(11-10-26-12-14-29-15-13-26)23(28)17-31-19-6-4-18(2)5-7-19/h4-9,16H,3,10-15,17H2,1-2H3. The summed E-state index contributed by atoms with van der Waals surface area (Å²) in [5, 5.41) is 0.680. The maximum Gasteiger partial charge on any atom is 0.266 e. The Bertz CT molecular complexity index is 1030. The lowest BCUT2D eigenvalue weighted by atomic mass is 10.2. The lowest BCUT2D eigenvalue weighted by Crippen LogP contribution is -2.44. The maximum atomic E-state index is 13.2. The number of aromatic nitrogens is 1. The van der Waals surface area contributed by atoms with Gasteiger partial charge in [-0.3, -0.25) is 14.6 Å². The molecule has 1 saturated heterocycles. The number of anilines is 1. The van der Waals surface area contributed by atoms with E-state index in [1.165, 1.54) is 11.3 Å². The number of benzene rings is 2. The number of carbonyl (C=O) groups excluding carboxylic acids is 1. The van der Waals surface area contributed by atoms with Gasteiger partial charge in [-0.15, -0.1) is 0 Å². The third-order valence-corrected chi connectivity index (χ3v) is 6.36. The minimum Gasteiger partial charge on any atom is -0.494 e. The fourth-order valence-electron chi connectivity index (χ4n) is 3.52. The van der Waals surface area contributed by atoms with E-state index in [1.807, 2.05) is 56.3 Å².